The molecule has 4 rings (SSSR count). The van der Waals surface area contributed by atoms with E-state index in [1.807, 2.05) is 6.07 Å². The van der Waals surface area contributed by atoms with E-state index >= 15 is 0 Å². The highest BCUT2D eigenvalue weighted by atomic mass is 16.3. The van der Waals surface area contributed by atoms with Gasteiger partial charge in [-0.3, -0.25) is 4.79 Å². The summed E-state index contributed by atoms with van der Waals surface area (Å²) < 4.78 is 0. The lowest BCUT2D eigenvalue weighted by Gasteiger charge is -2.32. The molecule has 27 heavy (non-hydrogen) atoms. The van der Waals surface area contributed by atoms with Gasteiger partial charge in [0.05, 0.1) is 5.56 Å². The highest BCUT2D eigenvalue weighted by Crippen LogP contribution is 2.33. The monoisotopic (exact) mass is 368 g/mol. The molecule has 0 spiro atoms. The number of H-pyrrole nitrogens is 1. The molecule has 0 radical (unpaired) electrons. The first kappa shape index (κ1) is 18.0. The van der Waals surface area contributed by atoms with Crippen LogP contribution in [0.1, 0.15) is 62.1 Å². The van der Waals surface area contributed by atoms with Crippen molar-refractivity contribution in [2.75, 3.05) is 18.0 Å². The molecule has 2 aromatic heterocycles. The van der Waals surface area contributed by atoms with Crippen molar-refractivity contribution in [1.82, 2.24) is 15.0 Å². The second-order valence-electron chi connectivity index (χ2n) is 7.94. The van der Waals surface area contributed by atoms with E-state index in [9.17, 15) is 9.90 Å². The van der Waals surface area contributed by atoms with Crippen LogP contribution in [-0.2, 0) is 6.42 Å². The van der Waals surface area contributed by atoms with Crippen molar-refractivity contribution >= 4 is 5.95 Å². The van der Waals surface area contributed by atoms with Crippen LogP contribution in [0.15, 0.2) is 29.3 Å². The Labute approximate surface area is 159 Å². The zero-order chi connectivity index (χ0) is 18.6. The first-order chi connectivity index (χ1) is 13.2. The molecular formula is C21H28N4O2. The van der Waals surface area contributed by atoms with Crippen LogP contribution in [0.4, 0.5) is 5.95 Å². The Morgan fingerprint density at radius 1 is 1.07 bits per heavy atom. The van der Waals surface area contributed by atoms with Crippen LogP contribution in [0.25, 0.3) is 0 Å². The summed E-state index contributed by atoms with van der Waals surface area (Å²) in [4.78, 5) is 26.5. The minimum Gasteiger partial charge on any atom is -0.507 e. The van der Waals surface area contributed by atoms with E-state index in [2.05, 4.69) is 19.9 Å². The van der Waals surface area contributed by atoms with E-state index in [1.165, 1.54) is 32.1 Å². The molecule has 2 aromatic rings. The topological polar surface area (TPSA) is 82.1 Å². The lowest BCUT2D eigenvalue weighted by molar-refractivity contribution is 0.353. The number of aromatic amines is 1. The van der Waals surface area contributed by atoms with E-state index in [1.54, 1.807) is 18.5 Å². The molecular weight excluding hydrogens is 340 g/mol. The largest absolute Gasteiger partial charge is 0.507 e. The minimum absolute atomic E-state index is 0.0810. The fraction of sp³-hybridized carbons (Fsp3) is 0.571. The van der Waals surface area contributed by atoms with Gasteiger partial charge in [-0.2, -0.15) is 0 Å². The van der Waals surface area contributed by atoms with Crippen molar-refractivity contribution in [1.29, 1.82) is 0 Å². The maximum absolute atomic E-state index is 12.7. The smallest absolute Gasteiger partial charge is 0.255 e. The highest BCUT2D eigenvalue weighted by Gasteiger charge is 2.27. The van der Waals surface area contributed by atoms with Crippen molar-refractivity contribution < 1.29 is 5.11 Å². The number of aromatic hydroxyl groups is 1. The van der Waals surface area contributed by atoms with Crippen LogP contribution >= 0.6 is 0 Å². The fourth-order valence-electron chi connectivity index (χ4n) is 4.64. The van der Waals surface area contributed by atoms with Gasteiger partial charge in [0.1, 0.15) is 5.75 Å². The van der Waals surface area contributed by atoms with Gasteiger partial charge in [0, 0.05) is 31.2 Å². The van der Waals surface area contributed by atoms with Gasteiger partial charge in [-0.05, 0) is 43.2 Å². The molecule has 6 heteroatoms. The Morgan fingerprint density at radius 3 is 2.44 bits per heavy atom. The Kier molecular flexibility index (Phi) is 5.41. The van der Waals surface area contributed by atoms with Crippen LogP contribution < -0.4 is 10.5 Å². The molecule has 1 saturated heterocycles. The quantitative estimate of drug-likeness (QED) is 0.864. The number of hydrogen-bond acceptors (Lipinski definition) is 5. The van der Waals surface area contributed by atoms with Crippen molar-refractivity contribution in [2.24, 2.45) is 5.92 Å². The molecule has 2 fully saturated rings. The Bertz CT molecular complexity index is 807. The summed E-state index contributed by atoms with van der Waals surface area (Å²) in [5, 5.41) is 10.6. The molecule has 0 aromatic carbocycles. The molecule has 1 aliphatic carbocycles. The summed E-state index contributed by atoms with van der Waals surface area (Å²) >= 11 is 0. The molecule has 144 valence electrons. The van der Waals surface area contributed by atoms with Crippen LogP contribution in [0, 0.1) is 5.92 Å². The third-order valence-corrected chi connectivity index (χ3v) is 6.08. The number of nitrogens with one attached hydrogen (secondary N) is 1. The maximum atomic E-state index is 12.7. The van der Waals surface area contributed by atoms with E-state index in [4.69, 9.17) is 0 Å². The predicted octanol–water partition coefficient (Wildman–Crippen LogP) is 3.38. The van der Waals surface area contributed by atoms with Gasteiger partial charge in [0.15, 0.2) is 0 Å². The number of rotatable bonds is 4. The third kappa shape index (κ3) is 4.15. The lowest BCUT2D eigenvalue weighted by Crippen LogP contribution is -2.35. The Hall–Kier alpha value is -2.37. The van der Waals surface area contributed by atoms with Crippen molar-refractivity contribution in [3.8, 4) is 5.75 Å². The summed E-state index contributed by atoms with van der Waals surface area (Å²) in [6.07, 6.45) is 12.3. The third-order valence-electron chi connectivity index (χ3n) is 6.08. The second kappa shape index (κ2) is 8.11. The van der Waals surface area contributed by atoms with E-state index in [0.29, 0.717) is 11.5 Å². The van der Waals surface area contributed by atoms with Gasteiger partial charge >= 0.3 is 0 Å². The Morgan fingerprint density at radius 2 is 1.78 bits per heavy atom. The van der Waals surface area contributed by atoms with E-state index < -0.39 is 0 Å². The molecule has 2 N–H and O–H groups in total. The summed E-state index contributed by atoms with van der Waals surface area (Å²) in [6, 6.07) is 3.60. The van der Waals surface area contributed by atoms with Crippen molar-refractivity contribution in [3.05, 3.63) is 46.1 Å². The number of hydrogen-bond donors (Lipinski definition) is 2. The summed E-state index contributed by atoms with van der Waals surface area (Å²) in [6.45, 7) is 1.58. The average Bonchev–Trinajstić information content (AvgIpc) is 2.69. The van der Waals surface area contributed by atoms with Crippen LogP contribution in [0.5, 0.6) is 5.75 Å². The molecule has 0 atom stereocenters. The lowest BCUT2D eigenvalue weighted by atomic mass is 9.85. The van der Waals surface area contributed by atoms with Gasteiger partial charge in [-0.25, -0.2) is 9.97 Å². The van der Waals surface area contributed by atoms with Gasteiger partial charge in [-0.1, -0.05) is 32.1 Å². The number of nitrogens with zero attached hydrogens (tertiary/aromatic N) is 3. The standard InChI is InChI=1S/C21H28N4O2/c26-18-14-17(13-15-5-2-1-3-6-15)24-20(27)19(18)16-7-11-25(12-8-16)21-22-9-4-10-23-21/h4,9-10,14-16H,1-3,5-8,11-13H2,(H2,24,26,27). The number of pyridine rings is 1. The molecule has 0 amide bonds. The summed E-state index contributed by atoms with van der Waals surface area (Å²) in [5.74, 6) is 1.61. The second-order valence-corrected chi connectivity index (χ2v) is 7.94. The van der Waals surface area contributed by atoms with Gasteiger partial charge in [0.25, 0.3) is 5.56 Å². The Balaban J connectivity index is 1.44. The van der Waals surface area contributed by atoms with Crippen LogP contribution in [0.3, 0.4) is 0 Å². The minimum atomic E-state index is -0.116. The average molecular weight is 368 g/mol. The predicted molar refractivity (Wildman–Crippen MR) is 105 cm³/mol. The zero-order valence-corrected chi connectivity index (χ0v) is 15.7. The van der Waals surface area contributed by atoms with E-state index in [0.717, 1.165) is 44.0 Å². The number of piperidine rings is 1. The van der Waals surface area contributed by atoms with Gasteiger partial charge in [-0.15, -0.1) is 0 Å². The molecule has 1 saturated carbocycles. The molecule has 1 aliphatic heterocycles. The van der Waals surface area contributed by atoms with Crippen LogP contribution in [-0.4, -0.2) is 33.1 Å². The fourth-order valence-corrected chi connectivity index (χ4v) is 4.64. The summed E-state index contributed by atoms with van der Waals surface area (Å²) in [7, 11) is 0. The van der Waals surface area contributed by atoms with Crippen LogP contribution in [0.2, 0.25) is 0 Å². The van der Waals surface area contributed by atoms with Gasteiger partial charge < -0.3 is 15.0 Å². The molecule has 0 unspecified atom stereocenters. The molecule has 2 aliphatic rings. The molecule has 3 heterocycles. The number of anilines is 1. The molecule has 0 bridgehead atoms. The molecule has 6 nitrogen and oxygen atoms in total. The number of aromatic nitrogens is 3. The normalized spacial score (nSPS) is 19.3. The van der Waals surface area contributed by atoms with Gasteiger partial charge in [0.2, 0.25) is 5.95 Å². The SMILES string of the molecule is O=c1[nH]c(CC2CCCCC2)cc(O)c1C1CCN(c2ncccn2)CC1. The first-order valence-electron chi connectivity index (χ1n) is 10.2. The zero-order valence-electron chi connectivity index (χ0n) is 15.7. The van der Waals surface area contributed by atoms with Crippen molar-refractivity contribution in [2.45, 2.75) is 57.3 Å². The van der Waals surface area contributed by atoms with E-state index in [-0.39, 0.29) is 17.2 Å². The maximum Gasteiger partial charge on any atom is 0.255 e. The first-order valence-corrected chi connectivity index (χ1v) is 10.2. The summed E-state index contributed by atoms with van der Waals surface area (Å²) in [5.41, 5.74) is 1.31. The van der Waals surface area contributed by atoms with Crippen molar-refractivity contribution in [3.63, 3.8) is 0 Å². The highest BCUT2D eigenvalue weighted by molar-refractivity contribution is 5.37.